The van der Waals surface area contributed by atoms with Gasteiger partial charge in [-0.05, 0) is 31.2 Å². The van der Waals surface area contributed by atoms with Crippen molar-refractivity contribution in [2.45, 2.75) is 18.6 Å². The van der Waals surface area contributed by atoms with Crippen LogP contribution in [0, 0.1) is 6.92 Å². The van der Waals surface area contributed by atoms with Crippen molar-refractivity contribution in [2.75, 3.05) is 10.6 Å². The minimum absolute atomic E-state index is 0.0291. The van der Waals surface area contributed by atoms with Crippen molar-refractivity contribution < 1.29 is 14.4 Å². The number of carbonyl (C=O) groups excluding carboxylic acids is 3. The monoisotopic (exact) mass is 415 g/mol. The Morgan fingerprint density at radius 2 is 1.86 bits per heavy atom. The Balaban J connectivity index is 1.56. The first-order valence-electron chi connectivity index (χ1n) is 8.52. The van der Waals surface area contributed by atoms with Crippen molar-refractivity contribution in [2.24, 2.45) is 0 Å². The maximum absolute atomic E-state index is 12.2. The molecule has 3 amide bonds. The van der Waals surface area contributed by atoms with E-state index >= 15 is 0 Å². The lowest BCUT2D eigenvalue weighted by molar-refractivity contribution is -0.122. The standard InChI is InChI=1S/C20H18ClN3O3S/c1-12-6-8-13(9-7-12)22-18(26)11-19-24-20(27)16(28-19)10-17(25)23-15-5-3-2-4-14(15)21/h2-9,11,16H,10H2,1H3,(H,22,26)(H,23,25)(H,24,27)/b19-11+/t16-/m0/s1. The molecule has 2 aromatic rings. The van der Waals surface area contributed by atoms with Gasteiger partial charge in [0.25, 0.3) is 5.91 Å². The second-order valence-electron chi connectivity index (χ2n) is 6.19. The van der Waals surface area contributed by atoms with E-state index in [2.05, 4.69) is 16.0 Å². The summed E-state index contributed by atoms with van der Waals surface area (Å²) in [5.74, 6) is -0.993. The van der Waals surface area contributed by atoms with Gasteiger partial charge in [-0.3, -0.25) is 14.4 Å². The summed E-state index contributed by atoms with van der Waals surface area (Å²) in [6, 6.07) is 14.3. The molecule has 3 N–H and O–H groups in total. The molecule has 0 aliphatic carbocycles. The van der Waals surface area contributed by atoms with Crippen molar-refractivity contribution >= 4 is 52.5 Å². The number of halogens is 1. The summed E-state index contributed by atoms with van der Waals surface area (Å²) < 4.78 is 0. The molecule has 1 atom stereocenters. The van der Waals surface area contributed by atoms with Crippen LogP contribution in [0.1, 0.15) is 12.0 Å². The van der Waals surface area contributed by atoms with Gasteiger partial charge < -0.3 is 16.0 Å². The molecule has 1 fully saturated rings. The van der Waals surface area contributed by atoms with Crippen LogP contribution in [-0.2, 0) is 14.4 Å². The predicted molar refractivity (Wildman–Crippen MR) is 112 cm³/mol. The molecule has 2 aromatic carbocycles. The van der Waals surface area contributed by atoms with Gasteiger partial charge in [0.2, 0.25) is 11.8 Å². The molecule has 0 unspecified atom stereocenters. The summed E-state index contributed by atoms with van der Waals surface area (Å²) in [6.45, 7) is 1.96. The summed E-state index contributed by atoms with van der Waals surface area (Å²) >= 11 is 7.17. The van der Waals surface area contributed by atoms with E-state index in [9.17, 15) is 14.4 Å². The third-order valence-corrected chi connectivity index (χ3v) is 5.38. The lowest BCUT2D eigenvalue weighted by Crippen LogP contribution is -2.26. The Labute approximate surface area is 171 Å². The zero-order valence-electron chi connectivity index (χ0n) is 15.0. The molecule has 6 nitrogen and oxygen atoms in total. The molecule has 0 spiro atoms. The van der Waals surface area contributed by atoms with Gasteiger partial charge in [0.15, 0.2) is 0 Å². The van der Waals surface area contributed by atoms with Crippen LogP contribution in [0.15, 0.2) is 59.6 Å². The van der Waals surface area contributed by atoms with Gasteiger partial charge in [-0.25, -0.2) is 0 Å². The second-order valence-corrected chi connectivity index (χ2v) is 7.84. The number of nitrogens with one attached hydrogen (secondary N) is 3. The predicted octanol–water partition coefficient (Wildman–Crippen LogP) is 3.69. The van der Waals surface area contributed by atoms with Crippen LogP contribution in [-0.4, -0.2) is 23.0 Å². The van der Waals surface area contributed by atoms with Gasteiger partial charge in [-0.1, -0.05) is 53.2 Å². The highest BCUT2D eigenvalue weighted by Crippen LogP contribution is 2.30. The number of hydrogen-bond acceptors (Lipinski definition) is 4. The van der Waals surface area contributed by atoms with E-state index in [-0.39, 0.29) is 24.1 Å². The number of amides is 3. The maximum Gasteiger partial charge on any atom is 0.250 e. The van der Waals surface area contributed by atoms with Crippen molar-refractivity contribution in [3.8, 4) is 0 Å². The Morgan fingerprint density at radius 1 is 1.14 bits per heavy atom. The Bertz CT molecular complexity index is 944. The number of para-hydroxylation sites is 1. The minimum atomic E-state index is -0.610. The van der Waals surface area contributed by atoms with E-state index in [1.165, 1.54) is 6.08 Å². The Kier molecular flexibility index (Phi) is 6.38. The van der Waals surface area contributed by atoms with Crippen LogP contribution < -0.4 is 16.0 Å². The fourth-order valence-corrected chi connectivity index (χ4v) is 3.73. The van der Waals surface area contributed by atoms with Crippen molar-refractivity contribution in [3.63, 3.8) is 0 Å². The lowest BCUT2D eigenvalue weighted by atomic mass is 10.2. The molecule has 1 heterocycles. The average molecular weight is 416 g/mol. The highest BCUT2D eigenvalue weighted by molar-refractivity contribution is 8.04. The number of anilines is 2. The maximum atomic E-state index is 12.2. The Hall–Kier alpha value is -2.77. The van der Waals surface area contributed by atoms with E-state index < -0.39 is 5.25 Å². The largest absolute Gasteiger partial charge is 0.325 e. The fraction of sp³-hybridized carbons (Fsp3) is 0.150. The third kappa shape index (κ3) is 5.37. The molecule has 8 heteroatoms. The first-order valence-corrected chi connectivity index (χ1v) is 9.78. The first kappa shape index (κ1) is 20.0. The smallest absolute Gasteiger partial charge is 0.250 e. The van der Waals surface area contributed by atoms with Crippen LogP contribution in [0.2, 0.25) is 5.02 Å². The molecule has 144 valence electrons. The van der Waals surface area contributed by atoms with Crippen molar-refractivity contribution in [1.29, 1.82) is 0 Å². The summed E-state index contributed by atoms with van der Waals surface area (Å²) in [6.07, 6.45) is 1.28. The highest BCUT2D eigenvalue weighted by atomic mass is 35.5. The van der Waals surface area contributed by atoms with E-state index in [4.69, 9.17) is 11.6 Å². The molecule has 1 aliphatic heterocycles. The third-order valence-electron chi connectivity index (χ3n) is 3.91. The van der Waals surface area contributed by atoms with Crippen LogP contribution in [0.25, 0.3) is 0 Å². The lowest BCUT2D eigenvalue weighted by Gasteiger charge is -2.08. The minimum Gasteiger partial charge on any atom is -0.325 e. The van der Waals surface area contributed by atoms with Crippen molar-refractivity contribution in [3.05, 3.63) is 70.2 Å². The van der Waals surface area contributed by atoms with Gasteiger partial charge >= 0.3 is 0 Å². The van der Waals surface area contributed by atoms with Crippen LogP contribution >= 0.6 is 23.4 Å². The van der Waals surface area contributed by atoms with Gasteiger partial charge in [0.1, 0.15) is 0 Å². The number of carbonyl (C=O) groups is 3. The SMILES string of the molecule is Cc1ccc(NC(=O)/C=C2\NC(=O)[C@H](CC(=O)Nc3ccccc3Cl)S2)cc1. The van der Waals surface area contributed by atoms with E-state index in [0.717, 1.165) is 17.3 Å². The van der Waals surface area contributed by atoms with Gasteiger partial charge in [-0.2, -0.15) is 0 Å². The zero-order valence-corrected chi connectivity index (χ0v) is 16.6. The van der Waals surface area contributed by atoms with Crippen LogP contribution in [0.4, 0.5) is 11.4 Å². The number of thioether (sulfide) groups is 1. The summed E-state index contributed by atoms with van der Waals surface area (Å²) in [5, 5.41) is 8.27. The molecule has 1 saturated heterocycles. The molecule has 1 aliphatic rings. The van der Waals surface area contributed by atoms with E-state index in [0.29, 0.717) is 21.4 Å². The van der Waals surface area contributed by atoms with Crippen LogP contribution in [0.5, 0.6) is 0 Å². The molecule has 28 heavy (non-hydrogen) atoms. The molecule has 0 aromatic heterocycles. The summed E-state index contributed by atoms with van der Waals surface area (Å²) in [5.41, 5.74) is 2.25. The topological polar surface area (TPSA) is 87.3 Å². The van der Waals surface area contributed by atoms with Gasteiger partial charge in [0, 0.05) is 18.2 Å². The quantitative estimate of drug-likeness (QED) is 0.650. The summed E-state index contributed by atoms with van der Waals surface area (Å²) in [7, 11) is 0. The second kappa shape index (κ2) is 8.95. The van der Waals surface area contributed by atoms with Gasteiger partial charge in [-0.15, -0.1) is 0 Å². The van der Waals surface area contributed by atoms with Crippen molar-refractivity contribution in [1.82, 2.24) is 5.32 Å². The zero-order chi connectivity index (χ0) is 20.1. The number of aryl methyl sites for hydroxylation is 1. The van der Waals surface area contributed by atoms with E-state index in [1.807, 2.05) is 19.1 Å². The molecular formula is C20H18ClN3O3S. The molecule has 0 bridgehead atoms. The fourth-order valence-electron chi connectivity index (χ4n) is 2.51. The first-order chi connectivity index (χ1) is 13.4. The van der Waals surface area contributed by atoms with E-state index in [1.54, 1.807) is 36.4 Å². The molecule has 0 radical (unpaired) electrons. The summed E-state index contributed by atoms with van der Waals surface area (Å²) in [4.78, 5) is 36.4. The Morgan fingerprint density at radius 3 is 2.57 bits per heavy atom. The number of benzene rings is 2. The normalized spacial score (nSPS) is 17.3. The number of rotatable bonds is 5. The molecule has 3 rings (SSSR count). The highest BCUT2D eigenvalue weighted by Gasteiger charge is 2.31. The molecular weight excluding hydrogens is 398 g/mol. The van der Waals surface area contributed by atoms with Gasteiger partial charge in [0.05, 0.1) is 21.0 Å². The number of hydrogen-bond donors (Lipinski definition) is 3. The average Bonchev–Trinajstić information content (AvgIpc) is 2.97. The molecule has 0 saturated carbocycles. The van der Waals surface area contributed by atoms with Crippen LogP contribution in [0.3, 0.4) is 0 Å².